The minimum Gasteiger partial charge on any atom is -0.857 e. The number of ether oxygens (including phenoxy) is 2. The van der Waals surface area contributed by atoms with Gasteiger partial charge in [0.05, 0.1) is 37.3 Å². The van der Waals surface area contributed by atoms with Gasteiger partial charge in [-0.3, -0.25) is 15.0 Å². The Kier molecular flexibility index (Phi) is 10.1. The summed E-state index contributed by atoms with van der Waals surface area (Å²) in [6.45, 7) is 0. The van der Waals surface area contributed by atoms with E-state index in [0.717, 1.165) is 0 Å². The monoisotopic (exact) mass is 563 g/mol. The number of para-hydroxylation sites is 1. The molecule has 1 heterocycles. The van der Waals surface area contributed by atoms with E-state index in [0.29, 0.717) is 28.3 Å². The molecule has 0 radical (unpaired) electrons. The molecule has 39 heavy (non-hydrogen) atoms. The number of methoxy groups -OCH3 is 2. The van der Waals surface area contributed by atoms with E-state index in [2.05, 4.69) is 15.0 Å². The van der Waals surface area contributed by atoms with Crippen LogP contribution in [-0.4, -0.2) is 36.8 Å². The fourth-order valence-electron chi connectivity index (χ4n) is 3.71. The third-order valence-electron chi connectivity index (χ3n) is 5.55. The zero-order valence-electron chi connectivity index (χ0n) is 21.0. The molecule has 0 fully saturated rings. The SMILES string of the molecule is COc1ccc(/C(=C/N=C(c2ccccc2)c2ccccc2N=C([O-])c2ccccn2)C(=O)[O-])c(OC)c1.[Ni+2]. The summed E-state index contributed by atoms with van der Waals surface area (Å²) < 4.78 is 10.6. The second-order valence-electron chi connectivity index (χ2n) is 7.89. The molecule has 198 valence electrons. The average Bonchev–Trinajstić information content (AvgIpc) is 2.96. The zero-order valence-corrected chi connectivity index (χ0v) is 22.0. The summed E-state index contributed by atoms with van der Waals surface area (Å²) in [5.74, 6) is -1.16. The molecule has 0 unspecified atom stereocenters. The van der Waals surface area contributed by atoms with Crippen molar-refractivity contribution in [1.82, 2.24) is 4.98 Å². The smallest absolute Gasteiger partial charge is 0.857 e. The first-order chi connectivity index (χ1) is 18.5. The van der Waals surface area contributed by atoms with Gasteiger partial charge in [0.15, 0.2) is 0 Å². The van der Waals surface area contributed by atoms with Crippen LogP contribution in [0.1, 0.15) is 22.4 Å². The molecule has 4 rings (SSSR count). The number of aliphatic imine (C=N–C) groups is 2. The first kappa shape index (κ1) is 28.8. The van der Waals surface area contributed by atoms with E-state index in [9.17, 15) is 15.0 Å². The van der Waals surface area contributed by atoms with E-state index in [4.69, 9.17) is 9.47 Å². The predicted molar refractivity (Wildman–Crippen MR) is 141 cm³/mol. The molecular formula is C30H23N3NiO5. The van der Waals surface area contributed by atoms with Gasteiger partial charge in [-0.1, -0.05) is 54.6 Å². The van der Waals surface area contributed by atoms with Crippen LogP contribution >= 0.6 is 0 Å². The van der Waals surface area contributed by atoms with Gasteiger partial charge in [-0.05, 0) is 30.3 Å². The average molecular weight is 564 g/mol. The summed E-state index contributed by atoms with van der Waals surface area (Å²) in [4.78, 5) is 25.1. The number of rotatable bonds is 9. The maximum atomic E-state index is 12.8. The summed E-state index contributed by atoms with van der Waals surface area (Å²) >= 11 is 0. The molecule has 0 bridgehead atoms. The number of hydrogen-bond donors (Lipinski definition) is 0. The fourth-order valence-corrected chi connectivity index (χ4v) is 3.71. The fraction of sp³-hybridized carbons (Fsp3) is 0.0667. The molecule has 4 aromatic rings. The number of pyridine rings is 1. The molecule has 0 amide bonds. The molecule has 0 aliphatic rings. The van der Waals surface area contributed by atoms with Crippen LogP contribution in [-0.2, 0) is 21.3 Å². The standard InChI is InChI=1S/C30H25N3O5.Ni/c1-37-21-15-16-22(27(18-21)38-2)24(30(35)36)19-32-28(20-10-4-3-5-11-20)23-12-6-7-13-25(23)33-29(34)26-14-8-9-17-31-26;/h3-19H,1-2H3,(H,33,34)(H,35,36);/q;+2/p-2/b24-19-,32-28?;. The van der Waals surface area contributed by atoms with Crippen molar-refractivity contribution in [3.8, 4) is 11.5 Å². The maximum absolute atomic E-state index is 12.8. The molecule has 0 spiro atoms. The third kappa shape index (κ3) is 6.97. The van der Waals surface area contributed by atoms with E-state index in [1.807, 2.05) is 30.3 Å². The number of benzene rings is 3. The molecule has 8 nitrogen and oxygen atoms in total. The van der Waals surface area contributed by atoms with E-state index in [-0.39, 0.29) is 39.1 Å². The van der Waals surface area contributed by atoms with Crippen LogP contribution in [0.3, 0.4) is 0 Å². The molecule has 0 atom stereocenters. The number of carbonyl (C=O) groups excluding carboxylic acids is 1. The van der Waals surface area contributed by atoms with Gasteiger partial charge in [-0.25, -0.2) is 0 Å². The quantitative estimate of drug-likeness (QED) is 0.133. The Labute approximate surface area is 236 Å². The van der Waals surface area contributed by atoms with Crippen molar-refractivity contribution < 1.29 is 41.0 Å². The first-order valence-corrected chi connectivity index (χ1v) is 11.6. The summed E-state index contributed by atoms with van der Waals surface area (Å²) in [6, 6.07) is 25.9. The van der Waals surface area contributed by atoms with Crippen LogP contribution in [0.2, 0.25) is 0 Å². The van der Waals surface area contributed by atoms with Gasteiger partial charge in [0.2, 0.25) is 0 Å². The number of aliphatic carboxylic acids is 1. The molecule has 0 aliphatic heterocycles. The van der Waals surface area contributed by atoms with Crippen LogP contribution < -0.4 is 19.7 Å². The van der Waals surface area contributed by atoms with Gasteiger partial charge in [-0.2, -0.15) is 0 Å². The Morgan fingerprint density at radius 2 is 1.56 bits per heavy atom. The molecule has 3 aromatic carbocycles. The second kappa shape index (κ2) is 13.7. The second-order valence-corrected chi connectivity index (χ2v) is 7.89. The molecule has 0 saturated heterocycles. The normalized spacial score (nSPS) is 11.9. The van der Waals surface area contributed by atoms with E-state index in [1.165, 1.54) is 26.6 Å². The van der Waals surface area contributed by atoms with Gasteiger partial charge in [0.25, 0.3) is 0 Å². The topological polar surface area (TPSA) is 119 Å². The maximum Gasteiger partial charge on any atom is 2.00 e. The third-order valence-corrected chi connectivity index (χ3v) is 5.55. The number of carboxylic acids is 1. The first-order valence-electron chi connectivity index (χ1n) is 11.6. The number of carboxylic acid groups (broad SMARTS) is 1. The summed E-state index contributed by atoms with van der Waals surface area (Å²) in [5, 5.41) is 25.0. The Bertz CT molecular complexity index is 1520. The number of hydrogen-bond acceptors (Lipinski definition) is 8. The van der Waals surface area contributed by atoms with Gasteiger partial charge in [0, 0.05) is 46.6 Å². The summed E-state index contributed by atoms with van der Waals surface area (Å²) in [5.41, 5.74) is 2.26. The molecule has 0 saturated carbocycles. The van der Waals surface area contributed by atoms with Crippen molar-refractivity contribution in [3.05, 3.63) is 126 Å². The zero-order chi connectivity index (χ0) is 26.9. The Balaban J connectivity index is 0.00000420. The molecular weight excluding hydrogens is 541 g/mol. The molecule has 1 aromatic heterocycles. The van der Waals surface area contributed by atoms with E-state index < -0.39 is 11.9 Å². The van der Waals surface area contributed by atoms with Gasteiger partial charge in [0.1, 0.15) is 11.5 Å². The summed E-state index contributed by atoms with van der Waals surface area (Å²) in [6.07, 6.45) is 2.73. The molecule has 9 heteroatoms. The van der Waals surface area contributed by atoms with Crippen LogP contribution in [0.4, 0.5) is 5.69 Å². The van der Waals surface area contributed by atoms with Crippen molar-refractivity contribution in [1.29, 1.82) is 0 Å². The van der Waals surface area contributed by atoms with Crippen molar-refractivity contribution in [2.24, 2.45) is 9.98 Å². The van der Waals surface area contributed by atoms with Gasteiger partial charge >= 0.3 is 16.5 Å². The Morgan fingerprint density at radius 1 is 0.846 bits per heavy atom. The largest absolute Gasteiger partial charge is 2.00 e. The molecule has 0 aliphatic carbocycles. The number of carbonyl (C=O) groups is 1. The number of nitrogens with zero attached hydrogens (tertiary/aromatic N) is 3. The van der Waals surface area contributed by atoms with Gasteiger partial charge < -0.3 is 24.5 Å². The molecule has 0 N–H and O–H groups in total. The Morgan fingerprint density at radius 3 is 2.23 bits per heavy atom. The van der Waals surface area contributed by atoms with Crippen molar-refractivity contribution in [2.45, 2.75) is 0 Å². The van der Waals surface area contributed by atoms with Gasteiger partial charge in [-0.15, -0.1) is 0 Å². The van der Waals surface area contributed by atoms with Crippen LogP contribution in [0.15, 0.2) is 113 Å². The number of aromatic nitrogens is 1. The minimum atomic E-state index is -1.44. The van der Waals surface area contributed by atoms with E-state index in [1.54, 1.807) is 60.7 Å². The predicted octanol–water partition coefficient (Wildman–Crippen LogP) is 3.16. The van der Waals surface area contributed by atoms with Crippen molar-refractivity contribution in [2.75, 3.05) is 14.2 Å². The van der Waals surface area contributed by atoms with E-state index >= 15 is 0 Å². The summed E-state index contributed by atoms with van der Waals surface area (Å²) in [7, 11) is 2.93. The van der Waals surface area contributed by atoms with Crippen molar-refractivity contribution in [3.63, 3.8) is 0 Å². The van der Waals surface area contributed by atoms with Crippen molar-refractivity contribution >= 4 is 28.8 Å². The van der Waals surface area contributed by atoms with Crippen LogP contribution in [0.25, 0.3) is 5.57 Å². The minimum absolute atomic E-state index is 0. The Hall–Kier alpha value is -4.75. The van der Waals surface area contributed by atoms with Crippen LogP contribution in [0.5, 0.6) is 11.5 Å². The van der Waals surface area contributed by atoms with Crippen LogP contribution in [0, 0.1) is 0 Å².